The Labute approximate surface area is 322 Å². The van der Waals surface area contributed by atoms with E-state index in [1.165, 1.54) is 65.4 Å². The lowest BCUT2D eigenvalue weighted by Gasteiger charge is -2.13. The number of methoxy groups -OCH3 is 4. The predicted octanol–water partition coefficient (Wildman–Crippen LogP) is 4.70. The van der Waals surface area contributed by atoms with E-state index in [1.807, 2.05) is 0 Å². The number of hydrazone groups is 4. The van der Waals surface area contributed by atoms with Gasteiger partial charge in [-0.2, -0.15) is 20.4 Å². The number of hydrogen-bond acceptors (Lipinski definition) is 14. The van der Waals surface area contributed by atoms with E-state index in [9.17, 15) is 19.8 Å². The van der Waals surface area contributed by atoms with Crippen molar-refractivity contribution in [3.8, 4) is 46.0 Å². The summed E-state index contributed by atoms with van der Waals surface area (Å²) in [5.74, 6) is 2.63. The van der Waals surface area contributed by atoms with Crippen LogP contribution in [-0.4, -0.2) is 88.8 Å². The molecule has 0 unspecified atom stereocenters. The number of ether oxygens (including phenoxy) is 6. The van der Waals surface area contributed by atoms with Crippen LogP contribution in [0, 0.1) is 0 Å². The third-order valence-corrected chi connectivity index (χ3v) is 7.36. The van der Waals surface area contributed by atoms with Crippen molar-refractivity contribution >= 4 is 36.9 Å². The lowest BCUT2D eigenvalue weighted by Crippen LogP contribution is -2.28. The molecule has 18 heteroatoms. The molecule has 0 saturated carbocycles. The highest BCUT2D eigenvalue weighted by atomic mass is 16.5. The predicted molar refractivity (Wildman–Crippen MR) is 209 cm³/mol. The van der Waals surface area contributed by atoms with Crippen LogP contribution in [0.2, 0.25) is 0 Å². The molecule has 294 valence electrons. The summed E-state index contributed by atoms with van der Waals surface area (Å²) < 4.78 is 32.8. The normalized spacial score (nSPS) is 11.1. The number of phenolic OH excluding ortho intramolecular Hbond substituents is 2. The summed E-state index contributed by atoms with van der Waals surface area (Å²) in [4.78, 5) is 24.0. The van der Waals surface area contributed by atoms with Crippen LogP contribution >= 0.6 is 0 Å². The number of urea groups is 2. The van der Waals surface area contributed by atoms with Gasteiger partial charge >= 0.3 is 12.1 Å². The number of unbranched alkanes of at least 4 members (excludes halogenated alkanes) is 1. The molecule has 0 aliphatic heterocycles. The number of aromatic hydroxyl groups is 2. The number of carbonyl (C=O) groups is 2. The van der Waals surface area contributed by atoms with Gasteiger partial charge in [-0.15, -0.1) is 0 Å². The molecule has 0 bridgehead atoms. The summed E-state index contributed by atoms with van der Waals surface area (Å²) in [6, 6.07) is 18.4. The van der Waals surface area contributed by atoms with Crippen LogP contribution in [0.15, 0.2) is 93.2 Å². The molecule has 0 atom stereocenters. The molecular formula is C38H42N8O10. The average Bonchev–Trinajstić information content (AvgIpc) is 3.20. The van der Waals surface area contributed by atoms with Gasteiger partial charge in [0.25, 0.3) is 0 Å². The highest BCUT2D eigenvalue weighted by Crippen LogP contribution is 2.30. The van der Waals surface area contributed by atoms with Gasteiger partial charge < -0.3 is 38.6 Å². The number of carbonyl (C=O) groups excluding carboxylic acids is 2. The number of benzene rings is 4. The van der Waals surface area contributed by atoms with Crippen molar-refractivity contribution in [1.82, 2.24) is 21.7 Å². The molecule has 0 aliphatic rings. The SMILES string of the molecule is COc1cc(/C=N/NC(=O)N/N=C/c2ccc(OCCCCOc3ccc(/C=N/NC(=O)N/N=C/c4ccc(O)c(OC)c4)cc3OC)c(OC)c2)ccc1O. The number of nitrogens with zero attached hydrogens (tertiary/aromatic N) is 4. The Morgan fingerprint density at radius 3 is 1.11 bits per heavy atom. The Morgan fingerprint density at radius 1 is 0.482 bits per heavy atom. The third-order valence-electron chi connectivity index (χ3n) is 7.36. The van der Waals surface area contributed by atoms with Gasteiger partial charge in [0.2, 0.25) is 0 Å². The Morgan fingerprint density at radius 2 is 0.786 bits per heavy atom. The molecule has 18 nitrogen and oxygen atoms in total. The van der Waals surface area contributed by atoms with Crippen LogP contribution in [0.1, 0.15) is 35.1 Å². The van der Waals surface area contributed by atoms with Crippen LogP contribution in [0.3, 0.4) is 0 Å². The molecule has 56 heavy (non-hydrogen) atoms. The maximum absolute atomic E-state index is 12.0. The second-order valence-electron chi connectivity index (χ2n) is 11.2. The molecule has 4 rings (SSSR count). The van der Waals surface area contributed by atoms with E-state index in [4.69, 9.17) is 28.4 Å². The van der Waals surface area contributed by atoms with Gasteiger partial charge in [-0.05, 0) is 108 Å². The van der Waals surface area contributed by atoms with Crippen molar-refractivity contribution in [3.63, 3.8) is 0 Å². The van der Waals surface area contributed by atoms with Crippen molar-refractivity contribution < 1.29 is 48.2 Å². The van der Waals surface area contributed by atoms with Crippen molar-refractivity contribution in [1.29, 1.82) is 0 Å². The molecule has 0 saturated heterocycles. The summed E-state index contributed by atoms with van der Waals surface area (Å²) in [7, 11) is 5.92. The van der Waals surface area contributed by atoms with Crippen molar-refractivity contribution in [2.24, 2.45) is 20.4 Å². The van der Waals surface area contributed by atoms with E-state index in [-0.39, 0.29) is 23.0 Å². The van der Waals surface area contributed by atoms with E-state index < -0.39 is 12.1 Å². The third kappa shape index (κ3) is 13.2. The lowest BCUT2D eigenvalue weighted by atomic mass is 10.2. The topological polar surface area (TPSA) is 228 Å². The molecule has 0 spiro atoms. The molecule has 0 radical (unpaired) electrons. The van der Waals surface area contributed by atoms with Gasteiger partial charge in [-0.1, -0.05) is 0 Å². The van der Waals surface area contributed by atoms with E-state index in [0.717, 1.165) is 0 Å². The summed E-state index contributed by atoms with van der Waals surface area (Å²) in [5, 5.41) is 34.9. The van der Waals surface area contributed by atoms with Gasteiger partial charge in [0.05, 0.1) is 66.5 Å². The number of rotatable bonds is 19. The molecule has 0 fully saturated rings. The van der Waals surface area contributed by atoms with Crippen LogP contribution in [0.5, 0.6) is 46.0 Å². The van der Waals surface area contributed by atoms with Crippen molar-refractivity contribution in [2.75, 3.05) is 41.7 Å². The molecule has 0 aromatic heterocycles. The second kappa shape index (κ2) is 21.9. The largest absolute Gasteiger partial charge is 0.504 e. The Balaban J connectivity index is 1.14. The first kappa shape index (κ1) is 41.3. The first-order chi connectivity index (χ1) is 27.2. The molecule has 4 aromatic carbocycles. The van der Waals surface area contributed by atoms with E-state index in [1.54, 1.807) is 60.7 Å². The monoisotopic (exact) mass is 770 g/mol. The number of nitrogens with one attached hydrogen (secondary N) is 4. The fourth-order valence-corrected chi connectivity index (χ4v) is 4.60. The highest BCUT2D eigenvalue weighted by molar-refractivity contribution is 5.86. The molecule has 6 N–H and O–H groups in total. The zero-order valence-corrected chi connectivity index (χ0v) is 31.0. The zero-order valence-electron chi connectivity index (χ0n) is 31.0. The maximum atomic E-state index is 12.0. The van der Waals surface area contributed by atoms with Gasteiger partial charge in [-0.25, -0.2) is 31.3 Å². The van der Waals surface area contributed by atoms with Crippen LogP contribution in [0.25, 0.3) is 0 Å². The standard InChI is InChI=1S/C38H42N8O10/c1-51-33-17-25(7-11-29(33)47)21-39-43-37(49)45-41-23-27-9-13-31(35(19-27)53-3)55-15-5-6-16-56-32-14-10-28(20-36(32)54-4)24-42-46-38(50)44-40-22-26-8-12-30(48)34(18-26)52-2/h7-14,17-24,47-48H,5-6,15-16H2,1-4H3,(H2,43,45,49)(H2,44,46,50)/b39-21+,40-22+,41-23+,42-24+. The zero-order chi connectivity index (χ0) is 40.1. The molecule has 0 heterocycles. The molecule has 0 aliphatic carbocycles. The van der Waals surface area contributed by atoms with E-state index in [2.05, 4.69) is 42.1 Å². The summed E-state index contributed by atoms with van der Waals surface area (Å²) in [5.41, 5.74) is 11.8. The smallest absolute Gasteiger partial charge is 0.355 e. The van der Waals surface area contributed by atoms with Gasteiger partial charge in [-0.3, -0.25) is 0 Å². The molecule has 4 aromatic rings. The summed E-state index contributed by atoms with van der Waals surface area (Å²) >= 11 is 0. The molecular weight excluding hydrogens is 728 g/mol. The fraction of sp³-hybridized carbons (Fsp3) is 0.211. The highest BCUT2D eigenvalue weighted by Gasteiger charge is 2.08. The van der Waals surface area contributed by atoms with Crippen molar-refractivity contribution in [3.05, 3.63) is 95.1 Å². The van der Waals surface area contributed by atoms with Crippen LogP contribution in [0.4, 0.5) is 9.59 Å². The van der Waals surface area contributed by atoms with Crippen LogP contribution < -0.4 is 50.1 Å². The number of phenols is 2. The minimum atomic E-state index is -0.658. The Kier molecular flexibility index (Phi) is 16.1. The lowest BCUT2D eigenvalue weighted by molar-refractivity contribution is 0.241. The summed E-state index contributed by atoms with van der Waals surface area (Å²) in [6.45, 7) is 0.826. The minimum absolute atomic E-state index is 0.00578. The average molecular weight is 771 g/mol. The first-order valence-corrected chi connectivity index (χ1v) is 16.8. The number of amides is 4. The van der Waals surface area contributed by atoms with Crippen molar-refractivity contribution in [2.45, 2.75) is 12.8 Å². The summed E-state index contributed by atoms with van der Waals surface area (Å²) in [6.07, 6.45) is 7.06. The second-order valence-corrected chi connectivity index (χ2v) is 11.2. The van der Waals surface area contributed by atoms with Crippen LogP contribution in [-0.2, 0) is 0 Å². The maximum Gasteiger partial charge on any atom is 0.355 e. The van der Waals surface area contributed by atoms with E-state index in [0.29, 0.717) is 71.3 Å². The number of hydrogen-bond donors (Lipinski definition) is 6. The van der Waals surface area contributed by atoms with Gasteiger partial charge in [0.15, 0.2) is 46.0 Å². The van der Waals surface area contributed by atoms with Gasteiger partial charge in [0.1, 0.15) is 0 Å². The fourth-order valence-electron chi connectivity index (χ4n) is 4.60. The minimum Gasteiger partial charge on any atom is -0.504 e. The first-order valence-electron chi connectivity index (χ1n) is 16.8. The quantitative estimate of drug-likeness (QED) is 0.0437. The Bertz CT molecular complexity index is 1910. The van der Waals surface area contributed by atoms with E-state index >= 15 is 0 Å². The molecule has 4 amide bonds. The van der Waals surface area contributed by atoms with Gasteiger partial charge in [0, 0.05) is 0 Å². The Hall–Kier alpha value is -7.50.